The van der Waals surface area contributed by atoms with Crippen molar-refractivity contribution in [3.63, 3.8) is 0 Å². The van der Waals surface area contributed by atoms with Crippen LogP contribution in [0.1, 0.15) is 32.6 Å². The Hall–Kier alpha value is -1.38. The third kappa shape index (κ3) is 2.40. The molecule has 2 unspecified atom stereocenters. The minimum absolute atomic E-state index is 0.591. The molecule has 1 aromatic carbocycles. The highest BCUT2D eigenvalue weighted by Gasteiger charge is 2.26. The standard InChI is InChI=1S/C15H24N2O/c1-11-7-4-5-8-12(11)17(2)13-9-6-10-14(18-3)15(13)16/h6,9-12H,4-5,7-8,16H2,1-3H3. The predicted molar refractivity (Wildman–Crippen MR) is 77.2 cm³/mol. The highest BCUT2D eigenvalue weighted by Crippen LogP contribution is 2.36. The van der Waals surface area contributed by atoms with E-state index < -0.39 is 0 Å². The first-order valence-electron chi connectivity index (χ1n) is 6.80. The maximum absolute atomic E-state index is 6.18. The quantitative estimate of drug-likeness (QED) is 0.834. The van der Waals surface area contributed by atoms with Crippen LogP contribution in [0.4, 0.5) is 11.4 Å². The van der Waals surface area contributed by atoms with E-state index in [1.54, 1.807) is 7.11 Å². The van der Waals surface area contributed by atoms with Crippen LogP contribution in [0, 0.1) is 5.92 Å². The lowest BCUT2D eigenvalue weighted by Gasteiger charge is -2.38. The van der Waals surface area contributed by atoms with Gasteiger partial charge in [-0.15, -0.1) is 0 Å². The Labute approximate surface area is 110 Å². The second-order valence-corrected chi connectivity index (χ2v) is 5.33. The fraction of sp³-hybridized carbons (Fsp3) is 0.600. The smallest absolute Gasteiger partial charge is 0.143 e. The Bertz CT molecular complexity index is 405. The van der Waals surface area contributed by atoms with Crippen molar-refractivity contribution in [2.45, 2.75) is 38.6 Å². The zero-order valence-electron chi connectivity index (χ0n) is 11.6. The summed E-state index contributed by atoms with van der Waals surface area (Å²) >= 11 is 0. The van der Waals surface area contributed by atoms with Crippen molar-refractivity contribution in [1.82, 2.24) is 0 Å². The van der Waals surface area contributed by atoms with Crippen LogP contribution in [-0.2, 0) is 0 Å². The minimum Gasteiger partial charge on any atom is -0.495 e. The molecule has 3 nitrogen and oxygen atoms in total. The van der Waals surface area contributed by atoms with Gasteiger partial charge in [-0.25, -0.2) is 0 Å². The van der Waals surface area contributed by atoms with Crippen LogP contribution >= 0.6 is 0 Å². The van der Waals surface area contributed by atoms with Crippen LogP contribution in [0.3, 0.4) is 0 Å². The van der Waals surface area contributed by atoms with Gasteiger partial charge in [0.1, 0.15) is 5.75 Å². The first-order valence-corrected chi connectivity index (χ1v) is 6.80. The van der Waals surface area contributed by atoms with Crippen LogP contribution in [0.2, 0.25) is 0 Å². The summed E-state index contributed by atoms with van der Waals surface area (Å²) in [7, 11) is 3.82. The topological polar surface area (TPSA) is 38.5 Å². The normalized spacial score (nSPS) is 23.7. The number of methoxy groups -OCH3 is 1. The highest BCUT2D eigenvalue weighted by molar-refractivity contribution is 5.74. The zero-order chi connectivity index (χ0) is 13.1. The molecule has 0 aromatic heterocycles. The lowest BCUT2D eigenvalue weighted by atomic mass is 9.85. The van der Waals surface area contributed by atoms with Gasteiger partial charge in [-0.1, -0.05) is 25.8 Å². The summed E-state index contributed by atoms with van der Waals surface area (Å²) in [6.07, 6.45) is 5.26. The summed E-state index contributed by atoms with van der Waals surface area (Å²) in [5.41, 5.74) is 8.02. The highest BCUT2D eigenvalue weighted by atomic mass is 16.5. The van der Waals surface area contributed by atoms with Crippen molar-refractivity contribution in [2.24, 2.45) is 5.92 Å². The van der Waals surface area contributed by atoms with Gasteiger partial charge in [-0.05, 0) is 30.9 Å². The molecular formula is C15H24N2O. The molecule has 1 aliphatic rings. The van der Waals surface area contributed by atoms with Crippen LogP contribution in [0.5, 0.6) is 5.75 Å². The molecule has 1 aliphatic carbocycles. The molecule has 2 rings (SSSR count). The molecule has 0 aliphatic heterocycles. The van der Waals surface area contributed by atoms with Crippen molar-refractivity contribution in [2.75, 3.05) is 24.8 Å². The third-order valence-electron chi connectivity index (χ3n) is 4.21. The fourth-order valence-electron chi connectivity index (χ4n) is 3.07. The maximum atomic E-state index is 6.18. The number of ether oxygens (including phenoxy) is 1. The summed E-state index contributed by atoms with van der Waals surface area (Å²) in [6, 6.07) is 6.60. The number of hydrogen-bond donors (Lipinski definition) is 1. The molecule has 0 radical (unpaired) electrons. The van der Waals surface area contributed by atoms with Gasteiger partial charge in [-0.2, -0.15) is 0 Å². The Balaban J connectivity index is 2.24. The van der Waals surface area contributed by atoms with E-state index in [1.165, 1.54) is 25.7 Å². The maximum Gasteiger partial charge on any atom is 0.143 e. The molecule has 1 fully saturated rings. The van der Waals surface area contributed by atoms with E-state index in [9.17, 15) is 0 Å². The van der Waals surface area contributed by atoms with E-state index in [-0.39, 0.29) is 0 Å². The number of hydrogen-bond acceptors (Lipinski definition) is 3. The molecule has 0 saturated heterocycles. The molecular weight excluding hydrogens is 224 g/mol. The Kier molecular flexibility index (Phi) is 4.00. The zero-order valence-corrected chi connectivity index (χ0v) is 11.6. The lowest BCUT2D eigenvalue weighted by molar-refractivity contribution is 0.321. The Morgan fingerprint density at radius 2 is 2.00 bits per heavy atom. The van der Waals surface area contributed by atoms with Gasteiger partial charge < -0.3 is 15.4 Å². The first-order chi connectivity index (χ1) is 8.65. The average Bonchev–Trinajstić information content (AvgIpc) is 2.39. The van der Waals surface area contributed by atoms with Crippen molar-refractivity contribution < 1.29 is 4.74 Å². The average molecular weight is 248 g/mol. The summed E-state index contributed by atoms with van der Waals surface area (Å²) in [5, 5.41) is 0. The summed E-state index contributed by atoms with van der Waals surface area (Å²) in [5.74, 6) is 1.50. The molecule has 0 heterocycles. The number of nitrogens with two attached hydrogens (primary N) is 1. The van der Waals surface area contributed by atoms with E-state index in [2.05, 4.69) is 24.9 Å². The fourth-order valence-corrected chi connectivity index (χ4v) is 3.07. The van der Waals surface area contributed by atoms with Crippen molar-refractivity contribution in [3.05, 3.63) is 18.2 Å². The second-order valence-electron chi connectivity index (χ2n) is 5.33. The van der Waals surface area contributed by atoms with Crippen molar-refractivity contribution in [3.8, 4) is 5.75 Å². The summed E-state index contributed by atoms with van der Waals surface area (Å²) < 4.78 is 5.30. The molecule has 2 atom stereocenters. The largest absolute Gasteiger partial charge is 0.495 e. The molecule has 3 heteroatoms. The van der Waals surface area contributed by atoms with E-state index >= 15 is 0 Å². The van der Waals surface area contributed by atoms with E-state index in [4.69, 9.17) is 10.5 Å². The van der Waals surface area contributed by atoms with Crippen LogP contribution in [0.25, 0.3) is 0 Å². The van der Waals surface area contributed by atoms with Gasteiger partial charge in [-0.3, -0.25) is 0 Å². The molecule has 0 amide bonds. The van der Waals surface area contributed by atoms with Crippen LogP contribution in [-0.4, -0.2) is 20.2 Å². The monoisotopic (exact) mass is 248 g/mol. The Morgan fingerprint density at radius 3 is 2.67 bits per heavy atom. The molecule has 1 aromatic rings. The van der Waals surface area contributed by atoms with Gasteiger partial charge in [0.05, 0.1) is 18.5 Å². The van der Waals surface area contributed by atoms with Gasteiger partial charge in [0, 0.05) is 13.1 Å². The van der Waals surface area contributed by atoms with E-state index in [0.29, 0.717) is 6.04 Å². The second kappa shape index (κ2) is 5.51. The van der Waals surface area contributed by atoms with E-state index in [0.717, 1.165) is 23.0 Å². The number of benzene rings is 1. The molecule has 0 spiro atoms. The number of nitrogen functional groups attached to an aromatic ring is 1. The lowest BCUT2D eigenvalue weighted by Crippen LogP contribution is -2.39. The van der Waals surface area contributed by atoms with Crippen molar-refractivity contribution in [1.29, 1.82) is 0 Å². The molecule has 1 saturated carbocycles. The molecule has 0 bridgehead atoms. The summed E-state index contributed by atoms with van der Waals surface area (Å²) in [6.45, 7) is 2.34. The third-order valence-corrected chi connectivity index (χ3v) is 4.21. The number of anilines is 2. The number of para-hydroxylation sites is 1. The van der Waals surface area contributed by atoms with Gasteiger partial charge in [0.15, 0.2) is 0 Å². The van der Waals surface area contributed by atoms with Crippen LogP contribution < -0.4 is 15.4 Å². The van der Waals surface area contributed by atoms with E-state index in [1.807, 2.05) is 12.1 Å². The summed E-state index contributed by atoms with van der Waals surface area (Å²) in [4.78, 5) is 2.34. The molecule has 100 valence electrons. The van der Waals surface area contributed by atoms with Crippen LogP contribution in [0.15, 0.2) is 18.2 Å². The number of rotatable bonds is 3. The first kappa shape index (κ1) is 13.1. The van der Waals surface area contributed by atoms with Crippen molar-refractivity contribution >= 4 is 11.4 Å². The number of nitrogens with zero attached hydrogens (tertiary/aromatic N) is 1. The Morgan fingerprint density at radius 1 is 1.28 bits per heavy atom. The SMILES string of the molecule is COc1cccc(N(C)C2CCCCC2C)c1N. The minimum atomic E-state index is 0.591. The van der Waals surface area contributed by atoms with Gasteiger partial charge in [0.25, 0.3) is 0 Å². The van der Waals surface area contributed by atoms with Gasteiger partial charge >= 0.3 is 0 Å². The molecule has 18 heavy (non-hydrogen) atoms. The molecule has 2 N–H and O–H groups in total. The van der Waals surface area contributed by atoms with Gasteiger partial charge in [0.2, 0.25) is 0 Å². The predicted octanol–water partition coefficient (Wildman–Crippen LogP) is 3.29.